The molecule has 0 saturated carbocycles. The summed E-state index contributed by atoms with van der Waals surface area (Å²) in [4.78, 5) is 8.39. The molecule has 3 rings (SSSR count). The molecule has 0 radical (unpaired) electrons. The summed E-state index contributed by atoms with van der Waals surface area (Å²) in [7, 11) is -0.104. The molecule has 0 aromatic carbocycles. The number of aromatic nitrogens is 4. The molecular formula is C15H21N5O3S. The first-order chi connectivity index (χ1) is 11.4. The van der Waals surface area contributed by atoms with Gasteiger partial charge in [0.25, 0.3) is 10.0 Å². The van der Waals surface area contributed by atoms with Crippen LogP contribution >= 0.6 is 0 Å². The molecule has 9 heteroatoms. The molecule has 2 aromatic heterocycles. The van der Waals surface area contributed by atoms with Crippen LogP contribution in [0.2, 0.25) is 0 Å². The summed E-state index contributed by atoms with van der Waals surface area (Å²) < 4.78 is 36.6. The van der Waals surface area contributed by atoms with E-state index >= 15 is 0 Å². The molecule has 8 nitrogen and oxygen atoms in total. The Morgan fingerprint density at radius 2 is 2.17 bits per heavy atom. The normalized spacial score (nSPS) is 18.5. The fourth-order valence-corrected chi connectivity index (χ4v) is 4.52. The van der Waals surface area contributed by atoms with Gasteiger partial charge in [-0.25, -0.2) is 18.4 Å². The number of imidazole rings is 2. The lowest BCUT2D eigenvalue weighted by atomic mass is 10.1. The Hall–Kier alpha value is -1.97. The van der Waals surface area contributed by atoms with Crippen molar-refractivity contribution in [2.24, 2.45) is 14.1 Å². The van der Waals surface area contributed by atoms with E-state index in [0.29, 0.717) is 19.6 Å². The van der Waals surface area contributed by atoms with Gasteiger partial charge in [0.2, 0.25) is 0 Å². The molecule has 0 fully saturated rings. The van der Waals surface area contributed by atoms with E-state index in [4.69, 9.17) is 4.74 Å². The number of sulfonamides is 1. The van der Waals surface area contributed by atoms with Crippen molar-refractivity contribution in [1.82, 2.24) is 23.4 Å². The molecule has 0 bridgehead atoms. The van der Waals surface area contributed by atoms with Gasteiger partial charge in [0.05, 0.1) is 43.3 Å². The highest BCUT2D eigenvalue weighted by molar-refractivity contribution is 7.89. The average Bonchev–Trinajstić information content (AvgIpc) is 3.14. The first kappa shape index (κ1) is 16.9. The minimum absolute atomic E-state index is 0.0457. The Balaban J connectivity index is 1.99. The molecule has 1 aliphatic rings. The Morgan fingerprint density at radius 3 is 2.83 bits per heavy atom. The van der Waals surface area contributed by atoms with Crippen molar-refractivity contribution in [3.8, 4) is 0 Å². The molecule has 130 valence electrons. The molecule has 1 unspecified atom stereocenters. The first-order valence-corrected chi connectivity index (χ1v) is 9.07. The van der Waals surface area contributed by atoms with Gasteiger partial charge in [-0.15, -0.1) is 6.58 Å². The van der Waals surface area contributed by atoms with E-state index in [1.807, 2.05) is 11.6 Å². The van der Waals surface area contributed by atoms with Gasteiger partial charge < -0.3 is 13.9 Å². The summed E-state index contributed by atoms with van der Waals surface area (Å²) in [5.74, 6) is 0. The lowest BCUT2D eigenvalue weighted by molar-refractivity contribution is 0.101. The Kier molecular flexibility index (Phi) is 4.57. The minimum Gasteiger partial charge on any atom is -0.375 e. The zero-order valence-corrected chi connectivity index (χ0v) is 14.6. The van der Waals surface area contributed by atoms with Gasteiger partial charge in [0, 0.05) is 33.3 Å². The molecule has 2 aromatic rings. The molecular weight excluding hydrogens is 330 g/mol. The number of hydrogen-bond donors (Lipinski definition) is 0. The highest BCUT2D eigenvalue weighted by Crippen LogP contribution is 2.33. The van der Waals surface area contributed by atoms with Crippen molar-refractivity contribution in [1.29, 1.82) is 0 Å². The molecule has 1 atom stereocenters. The summed E-state index contributed by atoms with van der Waals surface area (Å²) in [5.41, 5.74) is 1.78. The van der Waals surface area contributed by atoms with Gasteiger partial charge in [-0.1, -0.05) is 6.08 Å². The largest absolute Gasteiger partial charge is 0.375 e. The quantitative estimate of drug-likeness (QED) is 0.564. The van der Waals surface area contributed by atoms with Gasteiger partial charge in [0.15, 0.2) is 5.03 Å². The molecule has 1 aliphatic heterocycles. The van der Waals surface area contributed by atoms with Crippen LogP contribution in [0.25, 0.3) is 0 Å². The second-order valence-corrected chi connectivity index (χ2v) is 7.61. The van der Waals surface area contributed by atoms with E-state index in [2.05, 4.69) is 16.5 Å². The Bertz CT molecular complexity index is 839. The van der Waals surface area contributed by atoms with Crippen LogP contribution in [-0.4, -0.2) is 51.6 Å². The van der Waals surface area contributed by atoms with Gasteiger partial charge in [-0.3, -0.25) is 0 Å². The van der Waals surface area contributed by atoms with Crippen molar-refractivity contribution in [2.75, 3.05) is 19.8 Å². The van der Waals surface area contributed by atoms with Crippen molar-refractivity contribution >= 4 is 10.0 Å². The summed E-state index contributed by atoms with van der Waals surface area (Å²) in [5, 5.41) is 0.0457. The maximum absolute atomic E-state index is 13.0. The van der Waals surface area contributed by atoms with E-state index < -0.39 is 16.1 Å². The SMILES string of the molecule is C=CCOCC1c2c(ncn2C)CCN1S(=O)(=O)c1cn(C)cn1. The highest BCUT2D eigenvalue weighted by atomic mass is 32.2. The lowest BCUT2D eigenvalue weighted by Gasteiger charge is -2.34. The summed E-state index contributed by atoms with van der Waals surface area (Å²) in [6.07, 6.45) is 6.91. The summed E-state index contributed by atoms with van der Waals surface area (Å²) in [6.45, 7) is 4.58. The molecule has 0 amide bonds. The molecule has 24 heavy (non-hydrogen) atoms. The third-order valence-corrected chi connectivity index (χ3v) is 5.85. The smallest absolute Gasteiger partial charge is 0.262 e. The van der Waals surface area contributed by atoms with Crippen LogP contribution in [0.4, 0.5) is 0 Å². The summed E-state index contributed by atoms with van der Waals surface area (Å²) >= 11 is 0. The molecule has 0 aliphatic carbocycles. The number of fused-ring (bicyclic) bond motifs is 1. The van der Waals surface area contributed by atoms with E-state index in [0.717, 1.165) is 11.4 Å². The number of hydrogen-bond acceptors (Lipinski definition) is 5. The number of aryl methyl sites for hydroxylation is 2. The number of rotatable bonds is 6. The molecule has 0 saturated heterocycles. The Morgan fingerprint density at radius 1 is 1.38 bits per heavy atom. The maximum Gasteiger partial charge on any atom is 0.262 e. The van der Waals surface area contributed by atoms with Crippen LogP contribution < -0.4 is 0 Å². The standard InChI is InChI=1S/C15H21N5O3S/c1-4-7-23-9-13-15-12(16-11-19(15)3)5-6-20(13)24(21,22)14-8-18(2)10-17-14/h4,8,10-11,13H,1,5-7,9H2,2-3H3. The van der Waals surface area contributed by atoms with Gasteiger partial charge >= 0.3 is 0 Å². The molecule has 0 N–H and O–H groups in total. The van der Waals surface area contributed by atoms with Crippen molar-refractivity contribution in [2.45, 2.75) is 17.5 Å². The van der Waals surface area contributed by atoms with Crippen LogP contribution in [0, 0.1) is 0 Å². The van der Waals surface area contributed by atoms with Gasteiger partial charge in [0.1, 0.15) is 0 Å². The number of nitrogens with zero attached hydrogens (tertiary/aromatic N) is 5. The van der Waals surface area contributed by atoms with E-state index in [-0.39, 0.29) is 11.6 Å². The van der Waals surface area contributed by atoms with Crippen molar-refractivity contribution in [3.63, 3.8) is 0 Å². The second-order valence-electron chi connectivity index (χ2n) is 5.77. The van der Waals surface area contributed by atoms with Crippen LogP contribution in [0.5, 0.6) is 0 Å². The average molecular weight is 351 g/mol. The maximum atomic E-state index is 13.0. The van der Waals surface area contributed by atoms with Crippen LogP contribution in [0.15, 0.2) is 36.5 Å². The van der Waals surface area contributed by atoms with E-state index in [1.54, 1.807) is 24.0 Å². The first-order valence-electron chi connectivity index (χ1n) is 7.63. The third-order valence-electron chi connectivity index (χ3n) is 4.06. The Labute approximate surface area is 141 Å². The summed E-state index contributed by atoms with van der Waals surface area (Å²) in [6, 6.07) is -0.437. The predicted molar refractivity (Wildman–Crippen MR) is 87.8 cm³/mol. The van der Waals surface area contributed by atoms with E-state index in [1.165, 1.54) is 16.8 Å². The monoisotopic (exact) mass is 351 g/mol. The van der Waals surface area contributed by atoms with Crippen molar-refractivity contribution in [3.05, 3.63) is 42.9 Å². The van der Waals surface area contributed by atoms with Crippen molar-refractivity contribution < 1.29 is 13.2 Å². The minimum atomic E-state index is -3.71. The van der Waals surface area contributed by atoms with Crippen LogP contribution in [0.3, 0.4) is 0 Å². The van der Waals surface area contributed by atoms with Gasteiger partial charge in [-0.2, -0.15) is 4.31 Å². The molecule has 0 spiro atoms. The fraction of sp³-hybridized carbons (Fsp3) is 0.467. The zero-order chi connectivity index (χ0) is 17.3. The second kappa shape index (κ2) is 6.50. The highest BCUT2D eigenvalue weighted by Gasteiger charge is 2.39. The van der Waals surface area contributed by atoms with Gasteiger partial charge in [-0.05, 0) is 0 Å². The topological polar surface area (TPSA) is 82.3 Å². The lowest BCUT2D eigenvalue weighted by Crippen LogP contribution is -2.42. The van der Waals surface area contributed by atoms with E-state index in [9.17, 15) is 8.42 Å². The third kappa shape index (κ3) is 2.90. The van der Waals surface area contributed by atoms with Crippen LogP contribution in [-0.2, 0) is 35.3 Å². The predicted octanol–water partition coefficient (Wildman–Crippen LogP) is 0.644. The zero-order valence-electron chi connectivity index (χ0n) is 13.8. The molecule has 3 heterocycles. The van der Waals surface area contributed by atoms with Crippen LogP contribution in [0.1, 0.15) is 17.4 Å². The number of ether oxygens (including phenoxy) is 1. The fourth-order valence-electron chi connectivity index (χ4n) is 2.97.